The van der Waals surface area contributed by atoms with Gasteiger partial charge >= 0.3 is 6.16 Å². The lowest BCUT2D eigenvalue weighted by Gasteiger charge is -2.32. The number of H-pyrrole nitrogens is 1. The first-order valence-corrected chi connectivity index (χ1v) is 10.7. The predicted octanol–water partition coefficient (Wildman–Crippen LogP) is 4.98. The minimum Gasteiger partial charge on any atom is -0.449 e. The number of anilines is 1. The topological polar surface area (TPSA) is 100 Å². The summed E-state index contributed by atoms with van der Waals surface area (Å²) >= 11 is 0. The first-order chi connectivity index (χ1) is 14.8. The molecule has 2 heterocycles. The lowest BCUT2D eigenvalue weighted by molar-refractivity contribution is -0.124. The van der Waals surface area contributed by atoms with Crippen LogP contribution < -0.4 is 9.64 Å². The number of ether oxygens (including phenoxy) is 1. The fraction of sp³-hybridized carbons (Fsp3) is 0.435. The molecule has 0 aliphatic heterocycles. The SMILES string of the molecule is CC(C)N(c1nn(-c2ccc3cc[nH]c3c2)cc1OC(=O)O)C(=O)[C@H]1CC[C@H](C)CC1. The highest BCUT2D eigenvalue weighted by Crippen LogP contribution is 2.35. The van der Waals surface area contributed by atoms with E-state index in [9.17, 15) is 14.7 Å². The number of benzene rings is 1. The number of hydrogen-bond acceptors (Lipinski definition) is 4. The van der Waals surface area contributed by atoms with Gasteiger partial charge in [-0.25, -0.2) is 9.48 Å². The summed E-state index contributed by atoms with van der Waals surface area (Å²) in [6.45, 7) is 6.01. The molecule has 1 saturated carbocycles. The Balaban J connectivity index is 1.73. The number of aromatic amines is 1. The van der Waals surface area contributed by atoms with Crippen molar-refractivity contribution < 1.29 is 19.4 Å². The summed E-state index contributed by atoms with van der Waals surface area (Å²) in [4.78, 5) is 29.5. The maximum absolute atomic E-state index is 13.4. The van der Waals surface area contributed by atoms with Crippen LogP contribution in [-0.4, -0.2) is 38.0 Å². The van der Waals surface area contributed by atoms with Crippen molar-refractivity contribution in [3.8, 4) is 11.4 Å². The normalized spacial score (nSPS) is 19.0. The predicted molar refractivity (Wildman–Crippen MR) is 118 cm³/mol. The molecule has 164 valence electrons. The van der Waals surface area contributed by atoms with Gasteiger partial charge in [-0.2, -0.15) is 0 Å². The molecule has 8 heteroatoms. The lowest BCUT2D eigenvalue weighted by Crippen LogP contribution is -2.42. The Morgan fingerprint density at radius 2 is 1.97 bits per heavy atom. The van der Waals surface area contributed by atoms with E-state index in [1.807, 2.05) is 44.3 Å². The lowest BCUT2D eigenvalue weighted by atomic mass is 9.82. The van der Waals surface area contributed by atoms with Crippen molar-refractivity contribution in [1.29, 1.82) is 0 Å². The molecule has 2 aromatic heterocycles. The van der Waals surface area contributed by atoms with Gasteiger partial charge in [0, 0.05) is 23.7 Å². The zero-order chi connectivity index (χ0) is 22.1. The average molecular weight is 425 g/mol. The number of carbonyl (C=O) groups excluding carboxylic acids is 1. The van der Waals surface area contributed by atoms with Crippen LogP contribution >= 0.6 is 0 Å². The highest BCUT2D eigenvalue weighted by atomic mass is 16.7. The van der Waals surface area contributed by atoms with Crippen LogP contribution in [0.25, 0.3) is 16.6 Å². The highest BCUT2D eigenvalue weighted by molar-refractivity contribution is 5.96. The smallest absolute Gasteiger partial charge is 0.449 e. The van der Waals surface area contributed by atoms with E-state index in [2.05, 4.69) is 17.0 Å². The molecule has 3 aromatic rings. The first-order valence-electron chi connectivity index (χ1n) is 10.7. The van der Waals surface area contributed by atoms with E-state index in [4.69, 9.17) is 4.74 Å². The molecule has 0 radical (unpaired) electrons. The largest absolute Gasteiger partial charge is 0.511 e. The summed E-state index contributed by atoms with van der Waals surface area (Å²) < 4.78 is 6.59. The molecule has 0 atom stereocenters. The van der Waals surface area contributed by atoms with Crippen molar-refractivity contribution in [3.63, 3.8) is 0 Å². The third kappa shape index (κ3) is 4.28. The molecular weight excluding hydrogens is 396 g/mol. The molecule has 8 nitrogen and oxygen atoms in total. The minimum absolute atomic E-state index is 0.0257. The molecule has 0 unspecified atom stereocenters. The summed E-state index contributed by atoms with van der Waals surface area (Å²) in [6.07, 6.45) is 5.64. The Kier molecular flexibility index (Phi) is 5.71. The van der Waals surface area contributed by atoms with Crippen LogP contribution in [-0.2, 0) is 4.79 Å². The Labute approximate surface area is 180 Å². The average Bonchev–Trinajstić information content (AvgIpc) is 3.34. The fourth-order valence-corrected chi connectivity index (χ4v) is 4.30. The molecule has 1 amide bonds. The van der Waals surface area contributed by atoms with E-state index >= 15 is 0 Å². The van der Waals surface area contributed by atoms with Crippen LogP contribution in [0.2, 0.25) is 0 Å². The molecule has 31 heavy (non-hydrogen) atoms. The number of carbonyl (C=O) groups is 2. The number of nitrogens with zero attached hydrogens (tertiary/aromatic N) is 3. The molecule has 1 aliphatic rings. The number of rotatable bonds is 5. The molecule has 1 aromatic carbocycles. The number of nitrogens with one attached hydrogen (secondary N) is 1. The van der Waals surface area contributed by atoms with Gasteiger partial charge in [0.25, 0.3) is 0 Å². The quantitative estimate of drug-likeness (QED) is 0.563. The standard InChI is InChI=1S/C23H28N4O4/c1-14(2)27(22(28)17-6-4-15(3)5-7-17)21-20(31-23(29)30)13-26(25-21)18-9-8-16-10-11-24-19(16)12-18/h8-15,17,24H,4-7H2,1-3H3,(H,29,30)/t15-,17-. The van der Waals surface area contributed by atoms with Gasteiger partial charge < -0.3 is 14.8 Å². The molecule has 0 saturated heterocycles. The summed E-state index contributed by atoms with van der Waals surface area (Å²) in [5, 5.41) is 14.9. The van der Waals surface area contributed by atoms with Gasteiger partial charge in [0.05, 0.1) is 11.9 Å². The van der Waals surface area contributed by atoms with Crippen LogP contribution in [0.15, 0.2) is 36.7 Å². The highest BCUT2D eigenvalue weighted by Gasteiger charge is 2.34. The second-order valence-corrected chi connectivity index (χ2v) is 8.64. The second kappa shape index (κ2) is 8.45. The Hall–Kier alpha value is -3.29. The number of aromatic nitrogens is 3. The zero-order valence-corrected chi connectivity index (χ0v) is 18.0. The summed E-state index contributed by atoms with van der Waals surface area (Å²) in [5.41, 5.74) is 1.67. The third-order valence-corrected chi connectivity index (χ3v) is 6.01. The second-order valence-electron chi connectivity index (χ2n) is 8.64. The number of fused-ring (bicyclic) bond motifs is 1. The van der Waals surface area contributed by atoms with E-state index < -0.39 is 6.16 Å². The van der Waals surface area contributed by atoms with Crippen LogP contribution in [0.3, 0.4) is 0 Å². The summed E-state index contributed by atoms with van der Waals surface area (Å²) in [5.74, 6) is 0.793. The zero-order valence-electron chi connectivity index (χ0n) is 18.0. The molecule has 0 bridgehead atoms. The Bertz CT molecular complexity index is 1090. The van der Waals surface area contributed by atoms with Crippen LogP contribution in [0.1, 0.15) is 46.5 Å². The van der Waals surface area contributed by atoms with E-state index in [0.29, 0.717) is 5.92 Å². The minimum atomic E-state index is -1.44. The summed E-state index contributed by atoms with van der Waals surface area (Å²) in [6, 6.07) is 7.53. The van der Waals surface area contributed by atoms with Crippen molar-refractivity contribution >= 4 is 28.8 Å². The molecule has 2 N–H and O–H groups in total. The Morgan fingerprint density at radius 3 is 2.65 bits per heavy atom. The Morgan fingerprint density at radius 1 is 1.23 bits per heavy atom. The van der Waals surface area contributed by atoms with Crippen molar-refractivity contribution in [2.75, 3.05) is 4.90 Å². The van der Waals surface area contributed by atoms with Crippen LogP contribution in [0.5, 0.6) is 5.75 Å². The van der Waals surface area contributed by atoms with E-state index in [0.717, 1.165) is 42.3 Å². The van der Waals surface area contributed by atoms with Gasteiger partial charge in [0.1, 0.15) is 0 Å². The maximum Gasteiger partial charge on any atom is 0.511 e. The third-order valence-electron chi connectivity index (χ3n) is 6.01. The van der Waals surface area contributed by atoms with Gasteiger partial charge in [-0.05, 0) is 69.0 Å². The summed E-state index contributed by atoms with van der Waals surface area (Å²) in [7, 11) is 0. The van der Waals surface area contributed by atoms with Crippen molar-refractivity contribution in [1.82, 2.24) is 14.8 Å². The van der Waals surface area contributed by atoms with Gasteiger partial charge in [-0.1, -0.05) is 13.0 Å². The first kappa shape index (κ1) is 21.0. The number of carboxylic acid groups (broad SMARTS) is 1. The number of amides is 1. The molecule has 1 aliphatic carbocycles. The van der Waals surface area contributed by atoms with Crippen molar-refractivity contribution in [2.24, 2.45) is 11.8 Å². The van der Waals surface area contributed by atoms with Crippen LogP contribution in [0, 0.1) is 11.8 Å². The fourth-order valence-electron chi connectivity index (χ4n) is 4.30. The number of hydrogen-bond donors (Lipinski definition) is 2. The molecular formula is C23H28N4O4. The molecule has 4 rings (SSSR count). The molecule has 0 spiro atoms. The van der Waals surface area contributed by atoms with Gasteiger partial charge in [0.15, 0.2) is 5.75 Å². The van der Waals surface area contributed by atoms with E-state index in [-0.39, 0.29) is 29.4 Å². The van der Waals surface area contributed by atoms with Crippen molar-refractivity contribution in [3.05, 3.63) is 36.7 Å². The van der Waals surface area contributed by atoms with Gasteiger partial charge in [0.2, 0.25) is 11.7 Å². The monoisotopic (exact) mass is 424 g/mol. The van der Waals surface area contributed by atoms with E-state index in [1.54, 1.807) is 9.58 Å². The maximum atomic E-state index is 13.4. The van der Waals surface area contributed by atoms with Crippen LogP contribution in [0.4, 0.5) is 10.6 Å². The molecule has 1 fully saturated rings. The van der Waals surface area contributed by atoms with Gasteiger partial charge in [-0.15, -0.1) is 5.10 Å². The van der Waals surface area contributed by atoms with Gasteiger partial charge in [-0.3, -0.25) is 9.69 Å². The van der Waals surface area contributed by atoms with E-state index in [1.165, 1.54) is 6.20 Å². The van der Waals surface area contributed by atoms with Crippen molar-refractivity contribution in [2.45, 2.75) is 52.5 Å².